The number of hydrogen-bond donors (Lipinski definition) is 1. The summed E-state index contributed by atoms with van der Waals surface area (Å²) in [5, 5.41) is 8.58. The van der Waals surface area contributed by atoms with Gasteiger partial charge in [-0.2, -0.15) is 0 Å². The fourth-order valence-corrected chi connectivity index (χ4v) is 1.29. The lowest BCUT2D eigenvalue weighted by Gasteiger charge is -1.98. The Morgan fingerprint density at radius 2 is 1.75 bits per heavy atom. The summed E-state index contributed by atoms with van der Waals surface area (Å²) in [5.41, 5.74) is 3.67. The van der Waals surface area contributed by atoms with Gasteiger partial charge in [-0.05, 0) is 19.4 Å². The summed E-state index contributed by atoms with van der Waals surface area (Å²) in [7, 11) is 0. The van der Waals surface area contributed by atoms with Crippen molar-refractivity contribution < 1.29 is 5.11 Å². The first-order chi connectivity index (χ1) is 5.72. The zero-order chi connectivity index (χ0) is 8.97. The molecule has 0 atom stereocenters. The van der Waals surface area contributed by atoms with E-state index in [-0.39, 0.29) is 6.61 Å². The van der Waals surface area contributed by atoms with Crippen molar-refractivity contribution >= 4 is 6.08 Å². The highest BCUT2D eigenvalue weighted by molar-refractivity contribution is 5.51. The Morgan fingerprint density at radius 1 is 1.17 bits per heavy atom. The Labute approximate surface area is 73.4 Å². The number of rotatable bonds is 2. The average molecular weight is 162 g/mol. The van der Waals surface area contributed by atoms with Crippen molar-refractivity contribution in [2.45, 2.75) is 13.8 Å². The predicted octanol–water partition coefficient (Wildman–Crippen LogP) is 2.31. The van der Waals surface area contributed by atoms with Gasteiger partial charge in [0.15, 0.2) is 0 Å². The molecule has 12 heavy (non-hydrogen) atoms. The first-order valence-corrected chi connectivity index (χ1v) is 4.08. The molecule has 0 heterocycles. The number of aliphatic hydroxyl groups excluding tert-OH is 1. The van der Waals surface area contributed by atoms with E-state index < -0.39 is 0 Å². The third kappa shape index (κ3) is 2.51. The van der Waals surface area contributed by atoms with E-state index in [1.807, 2.05) is 6.08 Å². The minimum atomic E-state index is 0.104. The lowest BCUT2D eigenvalue weighted by molar-refractivity contribution is 0.343. The van der Waals surface area contributed by atoms with Crippen molar-refractivity contribution in [2.75, 3.05) is 6.61 Å². The number of aryl methyl sites for hydroxylation is 2. The molecule has 1 aromatic carbocycles. The fourth-order valence-electron chi connectivity index (χ4n) is 1.29. The van der Waals surface area contributed by atoms with E-state index in [0.717, 1.165) is 5.56 Å². The van der Waals surface area contributed by atoms with E-state index in [0.29, 0.717) is 0 Å². The molecule has 0 spiro atoms. The van der Waals surface area contributed by atoms with Gasteiger partial charge < -0.3 is 5.11 Å². The van der Waals surface area contributed by atoms with Crippen molar-refractivity contribution in [2.24, 2.45) is 0 Å². The monoisotopic (exact) mass is 162 g/mol. The first-order valence-electron chi connectivity index (χ1n) is 4.08. The number of aliphatic hydroxyl groups is 1. The van der Waals surface area contributed by atoms with Crippen LogP contribution in [0.2, 0.25) is 0 Å². The van der Waals surface area contributed by atoms with Crippen molar-refractivity contribution in [3.05, 3.63) is 41.0 Å². The van der Waals surface area contributed by atoms with E-state index in [2.05, 4.69) is 32.0 Å². The molecule has 0 aliphatic rings. The summed E-state index contributed by atoms with van der Waals surface area (Å²) < 4.78 is 0. The Morgan fingerprint density at radius 3 is 2.25 bits per heavy atom. The summed E-state index contributed by atoms with van der Waals surface area (Å²) in [5.74, 6) is 0. The van der Waals surface area contributed by atoms with Gasteiger partial charge in [-0.3, -0.25) is 0 Å². The topological polar surface area (TPSA) is 20.2 Å². The summed E-state index contributed by atoms with van der Waals surface area (Å²) in [6.07, 6.45) is 3.67. The molecule has 1 rings (SSSR count). The maximum absolute atomic E-state index is 8.58. The van der Waals surface area contributed by atoms with Crippen LogP contribution in [0, 0.1) is 13.8 Å². The molecule has 64 valence electrons. The van der Waals surface area contributed by atoms with Crippen molar-refractivity contribution in [1.29, 1.82) is 0 Å². The Kier molecular flexibility index (Phi) is 3.06. The average Bonchev–Trinajstić information content (AvgIpc) is 1.99. The van der Waals surface area contributed by atoms with Crippen LogP contribution in [0.3, 0.4) is 0 Å². The molecule has 1 heteroatoms. The maximum Gasteiger partial charge on any atom is 0.0615 e. The minimum Gasteiger partial charge on any atom is -0.392 e. The van der Waals surface area contributed by atoms with E-state index in [9.17, 15) is 0 Å². The quantitative estimate of drug-likeness (QED) is 0.707. The molecule has 0 bridgehead atoms. The Balaban J connectivity index is 2.93. The second kappa shape index (κ2) is 4.07. The molecule has 0 unspecified atom stereocenters. The van der Waals surface area contributed by atoms with Gasteiger partial charge in [-0.15, -0.1) is 0 Å². The van der Waals surface area contributed by atoms with Gasteiger partial charge in [0.05, 0.1) is 6.61 Å². The van der Waals surface area contributed by atoms with Gasteiger partial charge in [-0.1, -0.05) is 41.5 Å². The van der Waals surface area contributed by atoms with Crippen molar-refractivity contribution in [3.63, 3.8) is 0 Å². The molecule has 0 aromatic heterocycles. The highest BCUT2D eigenvalue weighted by Crippen LogP contribution is 2.09. The molecule has 0 aliphatic carbocycles. The lowest BCUT2D eigenvalue weighted by Crippen LogP contribution is -1.80. The highest BCUT2D eigenvalue weighted by Gasteiger charge is 1.90. The standard InChI is InChI=1S/C11H14O/c1-9-6-10(2)8-11(7-9)4-3-5-12/h3-4,6-8,12H,5H2,1-2H3/b4-3-. The van der Waals surface area contributed by atoms with Gasteiger partial charge in [0.1, 0.15) is 0 Å². The second-order valence-electron chi connectivity index (χ2n) is 3.01. The second-order valence-corrected chi connectivity index (χ2v) is 3.01. The highest BCUT2D eigenvalue weighted by atomic mass is 16.2. The summed E-state index contributed by atoms with van der Waals surface area (Å²) >= 11 is 0. The largest absolute Gasteiger partial charge is 0.392 e. The van der Waals surface area contributed by atoms with Gasteiger partial charge in [-0.25, -0.2) is 0 Å². The van der Waals surface area contributed by atoms with E-state index in [1.165, 1.54) is 11.1 Å². The zero-order valence-electron chi connectivity index (χ0n) is 7.54. The van der Waals surface area contributed by atoms with Crippen LogP contribution in [-0.2, 0) is 0 Å². The molecule has 0 saturated carbocycles. The molecule has 1 aromatic rings. The molecule has 0 amide bonds. The molecule has 0 aliphatic heterocycles. The van der Waals surface area contributed by atoms with E-state index in [4.69, 9.17) is 5.11 Å². The molecular formula is C11H14O. The summed E-state index contributed by atoms with van der Waals surface area (Å²) in [4.78, 5) is 0. The number of hydrogen-bond acceptors (Lipinski definition) is 1. The molecule has 0 saturated heterocycles. The van der Waals surface area contributed by atoms with Crippen LogP contribution in [0.4, 0.5) is 0 Å². The van der Waals surface area contributed by atoms with Crippen LogP contribution in [0.25, 0.3) is 6.08 Å². The third-order valence-corrected chi connectivity index (χ3v) is 1.66. The van der Waals surface area contributed by atoms with Crippen LogP contribution < -0.4 is 0 Å². The SMILES string of the molecule is Cc1cc(C)cc(/C=C\CO)c1. The van der Waals surface area contributed by atoms with Gasteiger partial charge in [0.2, 0.25) is 0 Å². The summed E-state index contributed by atoms with van der Waals surface area (Å²) in [6, 6.07) is 6.33. The van der Waals surface area contributed by atoms with Crippen LogP contribution in [0.1, 0.15) is 16.7 Å². The van der Waals surface area contributed by atoms with E-state index in [1.54, 1.807) is 6.08 Å². The third-order valence-electron chi connectivity index (χ3n) is 1.66. The summed E-state index contributed by atoms with van der Waals surface area (Å²) in [6.45, 7) is 4.25. The van der Waals surface area contributed by atoms with Gasteiger partial charge >= 0.3 is 0 Å². The fraction of sp³-hybridized carbons (Fsp3) is 0.273. The van der Waals surface area contributed by atoms with Gasteiger partial charge in [0.25, 0.3) is 0 Å². The maximum atomic E-state index is 8.58. The molecule has 0 fully saturated rings. The smallest absolute Gasteiger partial charge is 0.0615 e. The normalized spacial score (nSPS) is 10.9. The molecule has 0 radical (unpaired) electrons. The Hall–Kier alpha value is -1.08. The van der Waals surface area contributed by atoms with Crippen LogP contribution in [0.15, 0.2) is 24.3 Å². The number of benzene rings is 1. The van der Waals surface area contributed by atoms with Crippen LogP contribution >= 0.6 is 0 Å². The van der Waals surface area contributed by atoms with Crippen molar-refractivity contribution in [3.8, 4) is 0 Å². The molecular weight excluding hydrogens is 148 g/mol. The minimum absolute atomic E-state index is 0.104. The first kappa shape index (κ1) is 9.01. The van der Waals surface area contributed by atoms with Crippen LogP contribution in [-0.4, -0.2) is 11.7 Å². The Bertz CT molecular complexity index is 267. The molecule has 1 N–H and O–H groups in total. The van der Waals surface area contributed by atoms with E-state index >= 15 is 0 Å². The predicted molar refractivity (Wildman–Crippen MR) is 52.0 cm³/mol. The van der Waals surface area contributed by atoms with Gasteiger partial charge in [0, 0.05) is 0 Å². The van der Waals surface area contributed by atoms with Crippen LogP contribution in [0.5, 0.6) is 0 Å². The lowest BCUT2D eigenvalue weighted by atomic mass is 10.1. The zero-order valence-corrected chi connectivity index (χ0v) is 7.54. The van der Waals surface area contributed by atoms with Crippen molar-refractivity contribution in [1.82, 2.24) is 0 Å². The molecule has 1 nitrogen and oxygen atoms in total.